The zero-order valence-corrected chi connectivity index (χ0v) is 6.35. The van der Waals surface area contributed by atoms with Crippen LogP contribution in [0.4, 0.5) is 5.69 Å². The lowest BCUT2D eigenvalue weighted by molar-refractivity contribution is 0.398. The average molecular weight is 140 g/mol. The van der Waals surface area contributed by atoms with E-state index in [1.807, 2.05) is 6.92 Å². The molecule has 56 valence electrons. The van der Waals surface area contributed by atoms with Crippen molar-refractivity contribution in [2.45, 2.75) is 20.3 Å². The van der Waals surface area contributed by atoms with E-state index in [1.54, 1.807) is 6.20 Å². The summed E-state index contributed by atoms with van der Waals surface area (Å²) in [5.41, 5.74) is 1.00. The summed E-state index contributed by atoms with van der Waals surface area (Å²) in [7, 11) is 0. The van der Waals surface area contributed by atoms with Crippen molar-refractivity contribution in [2.24, 2.45) is 0 Å². The fourth-order valence-corrected chi connectivity index (χ4v) is 0.728. The smallest absolute Gasteiger partial charge is 0.156 e. The first kappa shape index (κ1) is 7.12. The van der Waals surface area contributed by atoms with Crippen LogP contribution in [0.25, 0.3) is 0 Å². The van der Waals surface area contributed by atoms with Crippen LogP contribution >= 0.6 is 0 Å². The number of nitrogens with one attached hydrogen (secondary N) is 1. The topological polar surface area (TPSA) is 38.1 Å². The molecule has 0 atom stereocenters. The molecule has 0 radical (unpaired) electrons. The summed E-state index contributed by atoms with van der Waals surface area (Å²) < 4.78 is 4.85. The summed E-state index contributed by atoms with van der Waals surface area (Å²) in [5.74, 6) is 0.855. The second kappa shape index (κ2) is 3.25. The molecule has 3 heteroatoms. The molecule has 1 rings (SSSR count). The molecule has 1 heterocycles. The van der Waals surface area contributed by atoms with Crippen LogP contribution in [0.3, 0.4) is 0 Å². The molecule has 0 amide bonds. The number of aromatic nitrogens is 1. The Morgan fingerprint density at radius 1 is 1.70 bits per heavy atom. The normalized spacial score (nSPS) is 9.80. The molecule has 0 aromatic carbocycles. The predicted molar refractivity (Wildman–Crippen MR) is 40.0 cm³/mol. The van der Waals surface area contributed by atoms with Gasteiger partial charge in [-0.1, -0.05) is 12.1 Å². The van der Waals surface area contributed by atoms with E-state index >= 15 is 0 Å². The van der Waals surface area contributed by atoms with Crippen LogP contribution in [0.1, 0.15) is 19.1 Å². The van der Waals surface area contributed by atoms with E-state index in [4.69, 9.17) is 4.52 Å². The third-order valence-corrected chi connectivity index (χ3v) is 1.32. The molecule has 1 N–H and O–H groups in total. The fourth-order valence-electron chi connectivity index (χ4n) is 0.728. The van der Waals surface area contributed by atoms with Crippen LogP contribution in [0.15, 0.2) is 10.7 Å². The van der Waals surface area contributed by atoms with Gasteiger partial charge in [-0.05, 0) is 13.3 Å². The van der Waals surface area contributed by atoms with Gasteiger partial charge in [0, 0.05) is 6.54 Å². The van der Waals surface area contributed by atoms with E-state index in [0.717, 1.165) is 24.4 Å². The molecule has 0 fully saturated rings. The number of rotatable bonds is 3. The van der Waals surface area contributed by atoms with Gasteiger partial charge >= 0.3 is 0 Å². The monoisotopic (exact) mass is 140 g/mol. The van der Waals surface area contributed by atoms with Gasteiger partial charge in [0.05, 0.1) is 11.9 Å². The maximum atomic E-state index is 4.85. The Hall–Kier alpha value is -0.990. The number of nitrogens with zero attached hydrogens (tertiary/aromatic N) is 1. The van der Waals surface area contributed by atoms with Gasteiger partial charge < -0.3 is 9.84 Å². The summed E-state index contributed by atoms with van der Waals surface area (Å²) in [6.45, 7) is 4.99. The molecule has 0 aliphatic heterocycles. The summed E-state index contributed by atoms with van der Waals surface area (Å²) in [4.78, 5) is 0. The summed E-state index contributed by atoms with van der Waals surface area (Å²) in [6, 6.07) is 0. The van der Waals surface area contributed by atoms with E-state index < -0.39 is 0 Å². The number of hydrogen-bond acceptors (Lipinski definition) is 3. The zero-order valence-electron chi connectivity index (χ0n) is 6.35. The summed E-state index contributed by atoms with van der Waals surface area (Å²) in [5, 5.41) is 6.82. The Balaban J connectivity index is 2.49. The third kappa shape index (κ3) is 1.50. The van der Waals surface area contributed by atoms with E-state index in [1.165, 1.54) is 0 Å². The van der Waals surface area contributed by atoms with Gasteiger partial charge in [-0.15, -0.1) is 0 Å². The van der Waals surface area contributed by atoms with Crippen LogP contribution < -0.4 is 5.32 Å². The highest BCUT2D eigenvalue weighted by atomic mass is 16.5. The van der Waals surface area contributed by atoms with E-state index in [9.17, 15) is 0 Å². The minimum atomic E-state index is 0.855. The Labute approximate surface area is 60.4 Å². The quantitative estimate of drug-likeness (QED) is 0.695. The van der Waals surface area contributed by atoms with Crippen molar-refractivity contribution in [2.75, 3.05) is 11.9 Å². The molecule has 3 nitrogen and oxygen atoms in total. The van der Waals surface area contributed by atoms with Crippen molar-refractivity contribution in [1.82, 2.24) is 5.16 Å². The predicted octanol–water partition coefficient (Wildman–Crippen LogP) is 1.80. The second-order valence-corrected chi connectivity index (χ2v) is 2.22. The molecule has 0 bridgehead atoms. The number of aryl methyl sites for hydroxylation is 1. The molecule has 0 aliphatic carbocycles. The highest BCUT2D eigenvalue weighted by Crippen LogP contribution is 2.11. The number of hydrogen-bond donors (Lipinski definition) is 1. The van der Waals surface area contributed by atoms with Gasteiger partial charge in [0.1, 0.15) is 0 Å². The fraction of sp³-hybridized carbons (Fsp3) is 0.571. The molecule has 0 spiro atoms. The van der Waals surface area contributed by atoms with Crippen molar-refractivity contribution in [1.29, 1.82) is 0 Å². The molecule has 10 heavy (non-hydrogen) atoms. The Morgan fingerprint density at radius 2 is 2.50 bits per heavy atom. The Kier molecular flexibility index (Phi) is 2.31. The van der Waals surface area contributed by atoms with Crippen molar-refractivity contribution in [3.63, 3.8) is 0 Å². The third-order valence-electron chi connectivity index (χ3n) is 1.32. The lowest BCUT2D eigenvalue weighted by Gasteiger charge is -1.98. The first-order chi connectivity index (χ1) is 4.84. The van der Waals surface area contributed by atoms with Gasteiger partial charge in [-0.25, -0.2) is 0 Å². The lowest BCUT2D eigenvalue weighted by Crippen LogP contribution is -1.98. The SMILES string of the molecule is CCCNc1cnoc1C. The molecule has 1 aromatic rings. The lowest BCUT2D eigenvalue weighted by atomic mass is 10.4. The van der Waals surface area contributed by atoms with Crippen LogP contribution in [-0.4, -0.2) is 11.7 Å². The molecule has 0 saturated heterocycles. The van der Waals surface area contributed by atoms with Gasteiger partial charge in [-0.3, -0.25) is 0 Å². The zero-order chi connectivity index (χ0) is 7.40. The van der Waals surface area contributed by atoms with Crippen molar-refractivity contribution in [3.8, 4) is 0 Å². The highest BCUT2D eigenvalue weighted by Gasteiger charge is 1.98. The maximum Gasteiger partial charge on any atom is 0.156 e. The van der Waals surface area contributed by atoms with Crippen LogP contribution in [0.2, 0.25) is 0 Å². The van der Waals surface area contributed by atoms with Crippen molar-refractivity contribution >= 4 is 5.69 Å². The van der Waals surface area contributed by atoms with Crippen LogP contribution in [-0.2, 0) is 0 Å². The second-order valence-electron chi connectivity index (χ2n) is 2.22. The van der Waals surface area contributed by atoms with Gasteiger partial charge in [0.15, 0.2) is 5.76 Å². The van der Waals surface area contributed by atoms with E-state index in [2.05, 4.69) is 17.4 Å². The minimum Gasteiger partial charge on any atom is -0.381 e. The van der Waals surface area contributed by atoms with E-state index in [0.29, 0.717) is 0 Å². The first-order valence-corrected chi connectivity index (χ1v) is 3.49. The Morgan fingerprint density at radius 3 is 3.00 bits per heavy atom. The van der Waals surface area contributed by atoms with Crippen LogP contribution in [0.5, 0.6) is 0 Å². The average Bonchev–Trinajstić information content (AvgIpc) is 2.31. The van der Waals surface area contributed by atoms with Crippen LogP contribution in [0, 0.1) is 6.92 Å². The van der Waals surface area contributed by atoms with Crippen molar-refractivity contribution < 1.29 is 4.52 Å². The highest BCUT2D eigenvalue weighted by molar-refractivity contribution is 5.43. The molecule has 0 aliphatic rings. The number of anilines is 1. The molecular weight excluding hydrogens is 128 g/mol. The molecule has 0 unspecified atom stereocenters. The summed E-state index contributed by atoms with van der Waals surface area (Å²) in [6.07, 6.45) is 2.82. The molecular formula is C7H12N2O. The van der Waals surface area contributed by atoms with Gasteiger partial charge in [0.25, 0.3) is 0 Å². The molecule has 1 aromatic heterocycles. The molecule has 0 saturated carbocycles. The largest absolute Gasteiger partial charge is 0.381 e. The van der Waals surface area contributed by atoms with Gasteiger partial charge in [-0.2, -0.15) is 0 Å². The van der Waals surface area contributed by atoms with Crippen molar-refractivity contribution in [3.05, 3.63) is 12.0 Å². The first-order valence-electron chi connectivity index (χ1n) is 3.49. The Bertz CT molecular complexity index is 195. The van der Waals surface area contributed by atoms with E-state index in [-0.39, 0.29) is 0 Å². The van der Waals surface area contributed by atoms with Gasteiger partial charge in [0.2, 0.25) is 0 Å². The maximum absolute atomic E-state index is 4.85. The minimum absolute atomic E-state index is 0.855. The standard InChI is InChI=1S/C7H12N2O/c1-3-4-8-7-5-9-10-6(7)2/h5,8H,3-4H2,1-2H3. The summed E-state index contributed by atoms with van der Waals surface area (Å²) >= 11 is 0.